The van der Waals surface area contributed by atoms with Crippen molar-refractivity contribution >= 4 is 58.2 Å². The van der Waals surface area contributed by atoms with E-state index in [2.05, 4.69) is 0 Å². The fourth-order valence-electron chi connectivity index (χ4n) is 4.34. The largest absolute Gasteiger partial charge is 0.368 e. The highest BCUT2D eigenvalue weighted by Gasteiger charge is 2.56. The number of primary amides is 1. The smallest absolute Gasteiger partial charge is 0.240 e. The number of nitrogens with zero attached hydrogens (tertiary/aromatic N) is 2. The normalized spacial score (nSPS) is 16.4. The number of rotatable bonds is 9. The van der Waals surface area contributed by atoms with Crippen LogP contribution in [0, 0.1) is 0 Å². The predicted molar refractivity (Wildman–Crippen MR) is 135 cm³/mol. The molecule has 2 aromatic carbocycles. The summed E-state index contributed by atoms with van der Waals surface area (Å²) in [6.45, 7) is 2.46. The van der Waals surface area contributed by atoms with Crippen molar-refractivity contribution in [3.05, 3.63) is 67.6 Å². The van der Waals surface area contributed by atoms with Crippen molar-refractivity contribution in [3.63, 3.8) is 0 Å². The van der Waals surface area contributed by atoms with Crippen LogP contribution < -0.4 is 5.73 Å². The molecule has 0 bridgehead atoms. The Hall–Kier alpha value is -1.50. The van der Waals surface area contributed by atoms with Gasteiger partial charge in [-0.05, 0) is 69.3 Å². The molecule has 1 aliphatic carbocycles. The SMILES string of the molecule is CC(CN(C)C)N(C(=O)C1(c2ccc(Cl)cc2Cl)CC1)[C@@H](Cc1ccc(Cl)cc1Cl)C(N)=O. The zero-order valence-electron chi connectivity index (χ0n) is 18.7. The summed E-state index contributed by atoms with van der Waals surface area (Å²) < 4.78 is 0. The Morgan fingerprint density at radius 1 is 1.00 bits per heavy atom. The van der Waals surface area contributed by atoms with Gasteiger partial charge in [0.25, 0.3) is 0 Å². The molecule has 0 aliphatic heterocycles. The number of likely N-dealkylation sites (N-methyl/N-ethyl adjacent to an activating group) is 1. The van der Waals surface area contributed by atoms with E-state index in [0.717, 1.165) is 0 Å². The van der Waals surface area contributed by atoms with Crippen molar-refractivity contribution in [1.29, 1.82) is 0 Å². The first kappa shape index (κ1) is 26.1. The van der Waals surface area contributed by atoms with E-state index in [4.69, 9.17) is 52.1 Å². The summed E-state index contributed by atoms with van der Waals surface area (Å²) in [6.07, 6.45) is 1.44. The molecule has 1 aliphatic rings. The average Bonchev–Trinajstić information content (AvgIpc) is 3.50. The van der Waals surface area contributed by atoms with Crippen LogP contribution in [-0.2, 0) is 21.4 Å². The molecule has 5 nitrogen and oxygen atoms in total. The van der Waals surface area contributed by atoms with E-state index in [1.807, 2.05) is 25.9 Å². The minimum Gasteiger partial charge on any atom is -0.368 e. The quantitative estimate of drug-likeness (QED) is 0.484. The summed E-state index contributed by atoms with van der Waals surface area (Å²) in [6, 6.07) is 9.03. The first-order chi connectivity index (χ1) is 15.5. The molecule has 0 aromatic heterocycles. The van der Waals surface area contributed by atoms with E-state index in [0.29, 0.717) is 50.6 Å². The third-order valence-electron chi connectivity index (χ3n) is 6.04. The average molecular weight is 531 g/mol. The lowest BCUT2D eigenvalue weighted by Crippen LogP contribution is -2.57. The zero-order chi connectivity index (χ0) is 24.5. The lowest BCUT2D eigenvalue weighted by atomic mass is 9.91. The Morgan fingerprint density at radius 3 is 2.06 bits per heavy atom. The maximum atomic E-state index is 14.1. The number of hydrogen-bond acceptors (Lipinski definition) is 3. The van der Waals surface area contributed by atoms with E-state index in [1.54, 1.807) is 41.3 Å². The second-order valence-corrected chi connectivity index (χ2v) is 10.6. The summed E-state index contributed by atoms with van der Waals surface area (Å²) >= 11 is 25.0. The molecule has 3 rings (SSSR count). The van der Waals surface area contributed by atoms with Gasteiger partial charge in [0.15, 0.2) is 0 Å². The molecule has 1 unspecified atom stereocenters. The van der Waals surface area contributed by atoms with Crippen LogP contribution in [0.25, 0.3) is 0 Å². The monoisotopic (exact) mass is 529 g/mol. The van der Waals surface area contributed by atoms with Gasteiger partial charge in [-0.25, -0.2) is 0 Å². The Labute approximate surface area is 214 Å². The molecule has 2 N–H and O–H groups in total. The lowest BCUT2D eigenvalue weighted by Gasteiger charge is -2.39. The van der Waals surface area contributed by atoms with Crippen molar-refractivity contribution in [3.8, 4) is 0 Å². The molecule has 0 radical (unpaired) electrons. The molecule has 33 heavy (non-hydrogen) atoms. The second-order valence-electron chi connectivity index (χ2n) is 8.89. The molecule has 2 amide bonds. The highest BCUT2D eigenvalue weighted by Crippen LogP contribution is 2.52. The van der Waals surface area contributed by atoms with E-state index < -0.39 is 17.4 Å². The highest BCUT2D eigenvalue weighted by molar-refractivity contribution is 6.35. The first-order valence-electron chi connectivity index (χ1n) is 10.6. The van der Waals surface area contributed by atoms with E-state index in [-0.39, 0.29) is 18.4 Å². The van der Waals surface area contributed by atoms with Gasteiger partial charge >= 0.3 is 0 Å². The molecule has 0 heterocycles. The van der Waals surface area contributed by atoms with Gasteiger partial charge in [0.05, 0.1) is 5.41 Å². The Kier molecular flexibility index (Phi) is 8.24. The standard InChI is InChI=1S/C24H27Cl4N3O2/c1-14(13-30(2)3)31(21(22(29)32)10-15-4-5-16(25)11-19(15)27)23(33)24(8-9-24)18-7-6-17(26)12-20(18)28/h4-7,11-12,14,21H,8-10,13H2,1-3H3,(H2,29,32)/t14?,21-/m0/s1. The Bertz CT molecular complexity index is 1060. The van der Waals surface area contributed by atoms with Crippen LogP contribution in [0.3, 0.4) is 0 Å². The molecular weight excluding hydrogens is 504 g/mol. The topological polar surface area (TPSA) is 66.6 Å². The van der Waals surface area contributed by atoms with Crippen LogP contribution in [0.1, 0.15) is 30.9 Å². The van der Waals surface area contributed by atoms with Crippen molar-refractivity contribution in [2.45, 2.75) is 43.7 Å². The van der Waals surface area contributed by atoms with Crippen LogP contribution in [0.15, 0.2) is 36.4 Å². The minimum atomic E-state index is -0.894. The van der Waals surface area contributed by atoms with Crippen LogP contribution in [0.2, 0.25) is 20.1 Å². The fourth-order valence-corrected chi connectivity index (χ4v) is 5.42. The molecule has 9 heteroatoms. The number of carbonyl (C=O) groups is 2. The molecule has 178 valence electrons. The van der Waals surface area contributed by atoms with Gasteiger partial charge in [-0.15, -0.1) is 0 Å². The van der Waals surface area contributed by atoms with Crippen LogP contribution in [0.4, 0.5) is 0 Å². The number of nitrogens with two attached hydrogens (primary N) is 1. The molecular formula is C24H27Cl4N3O2. The number of amides is 2. The van der Waals surface area contributed by atoms with Gasteiger partial charge in [0.2, 0.25) is 11.8 Å². The molecule has 0 spiro atoms. The maximum Gasteiger partial charge on any atom is 0.240 e. The van der Waals surface area contributed by atoms with Crippen LogP contribution in [0.5, 0.6) is 0 Å². The summed E-state index contributed by atoms with van der Waals surface area (Å²) in [5.41, 5.74) is 6.46. The van der Waals surface area contributed by atoms with Gasteiger partial charge in [0, 0.05) is 39.1 Å². The lowest BCUT2D eigenvalue weighted by molar-refractivity contribution is -0.144. The van der Waals surface area contributed by atoms with E-state index in [1.165, 1.54) is 0 Å². The molecule has 2 atom stereocenters. The number of carbonyl (C=O) groups excluding carboxylic acids is 2. The minimum absolute atomic E-state index is 0.171. The summed E-state index contributed by atoms with van der Waals surface area (Å²) in [4.78, 5) is 30.4. The van der Waals surface area contributed by atoms with Gasteiger partial charge in [-0.2, -0.15) is 0 Å². The number of benzene rings is 2. The van der Waals surface area contributed by atoms with Gasteiger partial charge in [-0.3, -0.25) is 9.59 Å². The Morgan fingerprint density at radius 2 is 1.58 bits per heavy atom. The third kappa shape index (κ3) is 5.77. The van der Waals surface area contributed by atoms with Crippen LogP contribution >= 0.6 is 46.4 Å². The molecule has 1 saturated carbocycles. The van der Waals surface area contributed by atoms with Crippen molar-refractivity contribution in [1.82, 2.24) is 9.80 Å². The molecule has 0 saturated heterocycles. The first-order valence-corrected chi connectivity index (χ1v) is 12.1. The zero-order valence-corrected chi connectivity index (χ0v) is 21.8. The van der Waals surface area contributed by atoms with Gasteiger partial charge < -0.3 is 15.5 Å². The number of halogens is 4. The maximum absolute atomic E-state index is 14.1. The van der Waals surface area contributed by atoms with E-state index >= 15 is 0 Å². The summed E-state index contributed by atoms with van der Waals surface area (Å²) in [5, 5.41) is 1.84. The summed E-state index contributed by atoms with van der Waals surface area (Å²) in [7, 11) is 3.83. The fraction of sp³-hybridized carbons (Fsp3) is 0.417. The van der Waals surface area contributed by atoms with Crippen molar-refractivity contribution < 1.29 is 9.59 Å². The third-order valence-corrected chi connectivity index (χ3v) is 7.17. The van der Waals surface area contributed by atoms with Crippen molar-refractivity contribution in [2.24, 2.45) is 5.73 Å². The predicted octanol–water partition coefficient (Wildman–Crippen LogP) is 5.21. The summed E-state index contributed by atoms with van der Waals surface area (Å²) in [5.74, 6) is -0.770. The highest BCUT2D eigenvalue weighted by atomic mass is 35.5. The molecule has 1 fully saturated rings. The second kappa shape index (κ2) is 10.4. The van der Waals surface area contributed by atoms with Gasteiger partial charge in [-0.1, -0.05) is 58.5 Å². The van der Waals surface area contributed by atoms with Crippen LogP contribution in [-0.4, -0.2) is 54.3 Å². The number of hydrogen-bond donors (Lipinski definition) is 1. The van der Waals surface area contributed by atoms with Gasteiger partial charge in [0.1, 0.15) is 6.04 Å². The van der Waals surface area contributed by atoms with E-state index in [9.17, 15) is 9.59 Å². The van der Waals surface area contributed by atoms with Crippen molar-refractivity contribution in [2.75, 3.05) is 20.6 Å². The Balaban J connectivity index is 2.04. The molecule has 2 aromatic rings.